The lowest BCUT2D eigenvalue weighted by molar-refractivity contribution is -0.114. The summed E-state index contributed by atoms with van der Waals surface area (Å²) in [7, 11) is 3.01. The Morgan fingerprint density at radius 1 is 1.38 bits per heavy atom. The van der Waals surface area contributed by atoms with Crippen molar-refractivity contribution in [3.05, 3.63) is 17.2 Å². The van der Waals surface area contributed by atoms with Crippen LogP contribution in [0.4, 0.5) is 5.69 Å². The van der Waals surface area contributed by atoms with Crippen molar-refractivity contribution in [1.82, 2.24) is 0 Å². The number of carbonyl (C=O) groups is 1. The first-order chi connectivity index (χ1) is 7.62. The maximum Gasteiger partial charge on any atom is 0.238 e. The second kappa shape index (κ2) is 5.58. The summed E-state index contributed by atoms with van der Waals surface area (Å²) in [5, 5.41) is 2.92. The van der Waals surface area contributed by atoms with Gasteiger partial charge in [-0.25, -0.2) is 0 Å². The van der Waals surface area contributed by atoms with Crippen molar-refractivity contribution in [2.24, 2.45) is 5.73 Å². The van der Waals surface area contributed by atoms with Gasteiger partial charge in [-0.2, -0.15) is 0 Å². The standard InChI is InChI=1S/C10H13ClN2O3/c1-15-8-3-6(11)7(4-9(8)16-2)13-10(14)5-12/h3-4H,5,12H2,1-2H3,(H,13,14). The Bertz CT molecular complexity index is 396. The molecule has 0 saturated heterocycles. The van der Waals surface area contributed by atoms with E-state index in [1.807, 2.05) is 0 Å². The summed E-state index contributed by atoms with van der Waals surface area (Å²) in [5.74, 6) is 0.659. The van der Waals surface area contributed by atoms with E-state index in [9.17, 15) is 4.79 Å². The van der Waals surface area contributed by atoms with Crippen LogP contribution in [-0.4, -0.2) is 26.7 Å². The highest BCUT2D eigenvalue weighted by Gasteiger charge is 2.11. The summed E-state index contributed by atoms with van der Waals surface area (Å²) in [6.07, 6.45) is 0. The molecular weight excluding hydrogens is 232 g/mol. The van der Waals surface area contributed by atoms with Crippen LogP contribution in [0.25, 0.3) is 0 Å². The number of hydrogen-bond donors (Lipinski definition) is 2. The van der Waals surface area contributed by atoms with Crippen LogP contribution in [-0.2, 0) is 4.79 Å². The number of anilines is 1. The number of halogens is 1. The van der Waals surface area contributed by atoms with E-state index in [1.54, 1.807) is 12.1 Å². The molecule has 0 aliphatic heterocycles. The summed E-state index contributed by atoms with van der Waals surface area (Å²) in [4.78, 5) is 11.1. The zero-order valence-electron chi connectivity index (χ0n) is 9.04. The predicted molar refractivity (Wildman–Crippen MR) is 62.2 cm³/mol. The number of ether oxygens (including phenoxy) is 2. The molecule has 1 amide bonds. The largest absolute Gasteiger partial charge is 0.493 e. The molecule has 0 spiro atoms. The van der Waals surface area contributed by atoms with Gasteiger partial charge in [-0.3, -0.25) is 4.79 Å². The minimum atomic E-state index is -0.325. The van der Waals surface area contributed by atoms with E-state index in [1.165, 1.54) is 14.2 Å². The summed E-state index contributed by atoms with van der Waals surface area (Å²) < 4.78 is 10.1. The lowest BCUT2D eigenvalue weighted by Gasteiger charge is -2.12. The van der Waals surface area contributed by atoms with Gasteiger partial charge in [0.15, 0.2) is 11.5 Å². The van der Waals surface area contributed by atoms with Crippen LogP contribution >= 0.6 is 11.6 Å². The number of nitrogens with one attached hydrogen (secondary N) is 1. The molecule has 1 aromatic carbocycles. The van der Waals surface area contributed by atoms with Crippen LogP contribution in [0.15, 0.2) is 12.1 Å². The number of rotatable bonds is 4. The first kappa shape index (κ1) is 12.6. The fourth-order valence-electron chi connectivity index (χ4n) is 1.15. The Morgan fingerprint density at radius 2 is 1.94 bits per heavy atom. The monoisotopic (exact) mass is 244 g/mol. The molecule has 5 nitrogen and oxygen atoms in total. The van der Waals surface area contributed by atoms with Crippen LogP contribution in [0.1, 0.15) is 0 Å². The van der Waals surface area contributed by atoms with Crippen LogP contribution < -0.4 is 20.5 Å². The molecule has 0 aliphatic carbocycles. The van der Waals surface area contributed by atoms with Crippen molar-refractivity contribution in [2.75, 3.05) is 26.1 Å². The minimum absolute atomic E-state index is 0.106. The third kappa shape index (κ3) is 2.77. The first-order valence-corrected chi connectivity index (χ1v) is 4.91. The quantitative estimate of drug-likeness (QED) is 0.836. The van der Waals surface area contributed by atoms with E-state index in [-0.39, 0.29) is 12.5 Å². The normalized spacial score (nSPS) is 9.75. The molecule has 0 aromatic heterocycles. The van der Waals surface area contributed by atoms with E-state index >= 15 is 0 Å². The molecule has 3 N–H and O–H groups in total. The van der Waals surface area contributed by atoms with Crippen LogP contribution in [0.5, 0.6) is 11.5 Å². The van der Waals surface area contributed by atoms with Gasteiger partial charge in [-0.1, -0.05) is 11.6 Å². The number of nitrogens with two attached hydrogens (primary N) is 1. The maximum absolute atomic E-state index is 11.1. The van der Waals surface area contributed by atoms with Crippen molar-refractivity contribution in [3.8, 4) is 11.5 Å². The third-order valence-corrected chi connectivity index (χ3v) is 2.25. The molecule has 0 fully saturated rings. The summed E-state index contributed by atoms with van der Waals surface area (Å²) in [6.45, 7) is -0.106. The van der Waals surface area contributed by atoms with Gasteiger partial charge in [0.05, 0.1) is 31.5 Å². The summed E-state index contributed by atoms with van der Waals surface area (Å²) >= 11 is 5.95. The number of methoxy groups -OCH3 is 2. The Morgan fingerprint density at radius 3 is 2.44 bits per heavy atom. The summed E-state index contributed by atoms with van der Waals surface area (Å²) in [5.41, 5.74) is 5.63. The van der Waals surface area contributed by atoms with E-state index in [2.05, 4.69) is 5.32 Å². The number of benzene rings is 1. The minimum Gasteiger partial charge on any atom is -0.493 e. The van der Waals surface area contributed by atoms with Crippen LogP contribution in [0, 0.1) is 0 Å². The molecule has 0 bridgehead atoms. The van der Waals surface area contributed by atoms with Crippen molar-refractivity contribution < 1.29 is 14.3 Å². The predicted octanol–water partition coefficient (Wildman–Crippen LogP) is 1.25. The van der Waals surface area contributed by atoms with Crippen molar-refractivity contribution in [1.29, 1.82) is 0 Å². The van der Waals surface area contributed by atoms with E-state index < -0.39 is 0 Å². The molecule has 0 radical (unpaired) electrons. The topological polar surface area (TPSA) is 73.6 Å². The maximum atomic E-state index is 11.1. The highest BCUT2D eigenvalue weighted by atomic mass is 35.5. The zero-order valence-corrected chi connectivity index (χ0v) is 9.80. The van der Waals surface area contributed by atoms with Gasteiger partial charge in [0.2, 0.25) is 5.91 Å². The molecule has 6 heteroatoms. The van der Waals surface area contributed by atoms with Crippen LogP contribution in [0.2, 0.25) is 5.02 Å². The van der Waals surface area contributed by atoms with Crippen molar-refractivity contribution in [3.63, 3.8) is 0 Å². The smallest absolute Gasteiger partial charge is 0.238 e. The molecule has 0 atom stereocenters. The van der Waals surface area contributed by atoms with Crippen molar-refractivity contribution in [2.45, 2.75) is 0 Å². The molecule has 0 unspecified atom stereocenters. The Hall–Kier alpha value is -1.46. The molecular formula is C10H13ClN2O3. The SMILES string of the molecule is COc1cc(Cl)c(NC(=O)CN)cc1OC. The lowest BCUT2D eigenvalue weighted by Crippen LogP contribution is -2.22. The molecule has 0 saturated carbocycles. The van der Waals surface area contributed by atoms with Crippen LogP contribution in [0.3, 0.4) is 0 Å². The average molecular weight is 245 g/mol. The van der Waals surface area contributed by atoms with Gasteiger partial charge in [-0.05, 0) is 0 Å². The van der Waals surface area contributed by atoms with Crippen molar-refractivity contribution >= 4 is 23.2 Å². The molecule has 1 aromatic rings. The fourth-order valence-corrected chi connectivity index (χ4v) is 1.35. The zero-order chi connectivity index (χ0) is 12.1. The van der Waals surface area contributed by atoms with E-state index in [0.717, 1.165) is 0 Å². The first-order valence-electron chi connectivity index (χ1n) is 4.53. The second-order valence-electron chi connectivity index (χ2n) is 2.94. The van der Waals surface area contributed by atoms with Gasteiger partial charge in [0, 0.05) is 12.1 Å². The Labute approximate surface area is 98.5 Å². The molecule has 0 aliphatic rings. The average Bonchev–Trinajstić information content (AvgIpc) is 2.30. The third-order valence-electron chi connectivity index (χ3n) is 1.93. The molecule has 16 heavy (non-hydrogen) atoms. The fraction of sp³-hybridized carbons (Fsp3) is 0.300. The van der Waals surface area contributed by atoms with Gasteiger partial charge >= 0.3 is 0 Å². The van der Waals surface area contributed by atoms with Gasteiger partial charge in [0.25, 0.3) is 0 Å². The van der Waals surface area contributed by atoms with E-state index in [0.29, 0.717) is 22.2 Å². The van der Waals surface area contributed by atoms with Gasteiger partial charge in [0.1, 0.15) is 0 Å². The number of carbonyl (C=O) groups excluding carboxylic acids is 1. The molecule has 88 valence electrons. The Kier molecular flexibility index (Phi) is 4.39. The van der Waals surface area contributed by atoms with Gasteiger partial charge in [-0.15, -0.1) is 0 Å². The highest BCUT2D eigenvalue weighted by Crippen LogP contribution is 2.35. The second-order valence-corrected chi connectivity index (χ2v) is 3.35. The van der Waals surface area contributed by atoms with Gasteiger partial charge < -0.3 is 20.5 Å². The number of amides is 1. The Balaban J connectivity index is 3.06. The summed E-state index contributed by atoms with van der Waals surface area (Å²) in [6, 6.07) is 3.14. The highest BCUT2D eigenvalue weighted by molar-refractivity contribution is 6.34. The van der Waals surface area contributed by atoms with E-state index in [4.69, 9.17) is 26.8 Å². The molecule has 1 rings (SSSR count). The lowest BCUT2D eigenvalue weighted by atomic mass is 10.2. The molecule has 0 heterocycles. The number of hydrogen-bond acceptors (Lipinski definition) is 4.